The summed E-state index contributed by atoms with van der Waals surface area (Å²) in [6, 6.07) is 11.8. The Labute approximate surface area is 267 Å². The van der Waals surface area contributed by atoms with E-state index in [0.29, 0.717) is 40.6 Å². The summed E-state index contributed by atoms with van der Waals surface area (Å²) in [4.78, 5) is 19.4. The number of nitrogens with zero attached hydrogens (tertiary/aromatic N) is 6. The van der Waals surface area contributed by atoms with Crippen LogP contribution in [0.25, 0.3) is 32.9 Å². The maximum absolute atomic E-state index is 17.0. The number of rotatable bonds is 5. The van der Waals surface area contributed by atoms with Crippen molar-refractivity contribution in [3.05, 3.63) is 47.9 Å². The molecule has 0 saturated carbocycles. The summed E-state index contributed by atoms with van der Waals surface area (Å²) in [5, 5.41) is 12.6. The lowest BCUT2D eigenvalue weighted by Crippen LogP contribution is -2.87. The summed E-state index contributed by atoms with van der Waals surface area (Å²) in [7, 11) is 0. The summed E-state index contributed by atoms with van der Waals surface area (Å²) in [6.45, 7) is 4.55. The number of halogens is 1. The number of phenolic OH excluding ortho intramolecular Hbond substituents is 1. The molecule has 6 fully saturated rings. The van der Waals surface area contributed by atoms with Gasteiger partial charge in [-0.15, -0.1) is 6.42 Å². The van der Waals surface area contributed by atoms with Crippen LogP contribution >= 0.6 is 0 Å². The molecular weight excluding hydrogens is 579 g/mol. The second-order valence-corrected chi connectivity index (χ2v) is 14.7. The molecule has 1 N–H and O–H groups in total. The highest BCUT2D eigenvalue weighted by molar-refractivity contribution is 6.02. The van der Waals surface area contributed by atoms with Gasteiger partial charge in [-0.2, -0.15) is 9.97 Å². The largest absolute Gasteiger partial charge is 0.508 e. The molecule has 4 aromatic rings. The van der Waals surface area contributed by atoms with Crippen molar-refractivity contribution in [2.45, 2.75) is 81.1 Å². The standard InChI is InChI=1S/C37H37FN6O2/c1-2-22-6-3-7-23-14-28(45)17-29(31(22)23)33-32(38)34-30(18-39-33)35(41-36(40-34)46-21-37-10-4-12-43(37)13-5-11-37)42-19-26-15-24-8-9-25-16-27(20-42)44(24,25)26/h1,3,6-7,14,17-18,24-27H,4-5,8-13,15-16,19-21H2/p+1. The SMILES string of the molecule is C#Cc1cccc2cc(O)cc(-c3ncc4c(N5CC6CC7CCC8CC(C5)[N+]786)nc(OCC56CCCN5CCC6)nc4c3F)c12. The number of benzene rings is 2. The highest BCUT2D eigenvalue weighted by atomic mass is 19.1. The van der Waals surface area contributed by atoms with Crippen LogP contribution in [0, 0.1) is 18.2 Å². The lowest BCUT2D eigenvalue weighted by atomic mass is 9.74. The second-order valence-electron chi connectivity index (χ2n) is 14.7. The zero-order chi connectivity index (χ0) is 30.8. The molecule has 6 aliphatic heterocycles. The number of piperazine rings is 1. The van der Waals surface area contributed by atoms with Crippen molar-refractivity contribution < 1.29 is 18.7 Å². The molecule has 234 valence electrons. The van der Waals surface area contributed by atoms with Gasteiger partial charge in [0.2, 0.25) is 0 Å². The van der Waals surface area contributed by atoms with E-state index in [9.17, 15) is 5.11 Å². The van der Waals surface area contributed by atoms with Gasteiger partial charge in [-0.25, -0.2) is 4.39 Å². The summed E-state index contributed by atoms with van der Waals surface area (Å²) in [6.07, 6.45) is 17.4. The maximum Gasteiger partial charge on any atom is 0.319 e. The predicted molar refractivity (Wildman–Crippen MR) is 174 cm³/mol. The summed E-state index contributed by atoms with van der Waals surface area (Å²) in [5.41, 5.74) is 1.37. The van der Waals surface area contributed by atoms with Gasteiger partial charge >= 0.3 is 6.01 Å². The Balaban J connectivity index is 1.10. The first-order chi connectivity index (χ1) is 22.5. The Bertz CT molecular complexity index is 1950. The van der Waals surface area contributed by atoms with Crippen LogP contribution in [0.2, 0.25) is 0 Å². The van der Waals surface area contributed by atoms with Gasteiger partial charge in [0.15, 0.2) is 5.82 Å². The Morgan fingerprint density at radius 1 is 1.04 bits per heavy atom. The van der Waals surface area contributed by atoms with Crippen LogP contribution < -0.4 is 9.64 Å². The molecule has 1 spiro atoms. The highest BCUT2D eigenvalue weighted by Crippen LogP contribution is 2.60. The van der Waals surface area contributed by atoms with Crippen molar-refractivity contribution in [2.24, 2.45) is 0 Å². The first-order valence-electron chi connectivity index (χ1n) is 17.1. The van der Waals surface area contributed by atoms with E-state index in [2.05, 4.69) is 15.7 Å². The van der Waals surface area contributed by atoms with Crippen LogP contribution in [-0.4, -0.2) is 91.9 Å². The fourth-order valence-electron chi connectivity index (χ4n) is 11.0. The van der Waals surface area contributed by atoms with Crippen LogP contribution in [0.5, 0.6) is 11.8 Å². The molecular formula is C37H38FN6O2+. The molecule has 10 rings (SSSR count). The van der Waals surface area contributed by atoms with Crippen molar-refractivity contribution in [3.8, 4) is 35.4 Å². The number of hydrogen-bond donors (Lipinski definition) is 1. The smallest absolute Gasteiger partial charge is 0.319 e. The van der Waals surface area contributed by atoms with Gasteiger partial charge < -0.3 is 19.2 Å². The van der Waals surface area contributed by atoms with E-state index in [1.807, 2.05) is 18.2 Å². The maximum atomic E-state index is 17.0. The van der Waals surface area contributed by atoms with Crippen LogP contribution in [0.1, 0.15) is 56.9 Å². The van der Waals surface area contributed by atoms with Crippen molar-refractivity contribution >= 4 is 27.5 Å². The van der Waals surface area contributed by atoms with E-state index >= 15 is 4.39 Å². The lowest BCUT2D eigenvalue weighted by molar-refractivity contribution is -1.08. The predicted octanol–water partition coefficient (Wildman–Crippen LogP) is 5.39. The number of pyridine rings is 1. The van der Waals surface area contributed by atoms with E-state index in [1.54, 1.807) is 12.3 Å². The average molecular weight is 618 g/mol. The van der Waals surface area contributed by atoms with E-state index in [4.69, 9.17) is 26.1 Å². The van der Waals surface area contributed by atoms with Crippen molar-refractivity contribution in [1.82, 2.24) is 19.9 Å². The summed E-state index contributed by atoms with van der Waals surface area (Å²) < 4.78 is 24.8. The number of hydrogen-bond acceptors (Lipinski definition) is 7. The van der Waals surface area contributed by atoms with Crippen LogP contribution in [-0.2, 0) is 0 Å². The van der Waals surface area contributed by atoms with Crippen molar-refractivity contribution in [1.29, 1.82) is 0 Å². The minimum atomic E-state index is -0.557. The van der Waals surface area contributed by atoms with Gasteiger partial charge in [0.1, 0.15) is 41.5 Å². The third-order valence-electron chi connectivity index (χ3n) is 12.9. The van der Waals surface area contributed by atoms with Gasteiger partial charge in [0.25, 0.3) is 0 Å². The number of aromatic hydroxyl groups is 1. The molecule has 6 aliphatic rings. The number of ether oxygens (including phenoxy) is 1. The summed E-state index contributed by atoms with van der Waals surface area (Å²) in [5.74, 6) is 2.91. The van der Waals surface area contributed by atoms with Gasteiger partial charge in [0.05, 0.1) is 48.9 Å². The van der Waals surface area contributed by atoms with Crippen LogP contribution in [0.4, 0.5) is 10.2 Å². The molecule has 6 saturated heterocycles. The Kier molecular flexibility index (Phi) is 5.62. The number of phenols is 1. The third-order valence-corrected chi connectivity index (χ3v) is 12.9. The van der Waals surface area contributed by atoms with E-state index in [0.717, 1.165) is 62.3 Å². The number of anilines is 1. The average Bonchev–Trinajstić information content (AvgIpc) is 3.66. The number of terminal acetylenes is 1. The molecule has 0 bridgehead atoms. The lowest BCUT2D eigenvalue weighted by Gasteiger charge is -2.71. The molecule has 4 unspecified atom stereocenters. The first kappa shape index (κ1) is 27.1. The van der Waals surface area contributed by atoms with Crippen LogP contribution in [0.15, 0.2) is 36.5 Å². The van der Waals surface area contributed by atoms with E-state index < -0.39 is 5.82 Å². The van der Waals surface area contributed by atoms with E-state index in [-0.39, 0.29) is 28.5 Å². The van der Waals surface area contributed by atoms with Crippen molar-refractivity contribution in [3.63, 3.8) is 0 Å². The van der Waals surface area contributed by atoms with Gasteiger partial charge in [-0.1, -0.05) is 18.1 Å². The molecule has 2 aromatic carbocycles. The Morgan fingerprint density at radius 2 is 1.80 bits per heavy atom. The fraction of sp³-hybridized carbons (Fsp3) is 0.486. The van der Waals surface area contributed by atoms with Gasteiger partial charge in [-0.3, -0.25) is 9.88 Å². The number of quaternary nitrogens is 1. The van der Waals surface area contributed by atoms with Gasteiger partial charge in [-0.05, 0) is 62.4 Å². The third kappa shape index (κ3) is 3.49. The molecule has 0 radical (unpaired) electrons. The van der Waals surface area contributed by atoms with Crippen LogP contribution in [0.3, 0.4) is 0 Å². The highest BCUT2D eigenvalue weighted by Gasteiger charge is 2.74. The minimum Gasteiger partial charge on any atom is -0.508 e. The Morgan fingerprint density at radius 3 is 2.54 bits per heavy atom. The molecule has 8 nitrogen and oxygen atoms in total. The zero-order valence-electron chi connectivity index (χ0n) is 26.0. The molecule has 0 amide bonds. The number of fused-ring (bicyclic) bond motifs is 3. The zero-order valence-corrected chi connectivity index (χ0v) is 26.0. The number of aromatic nitrogens is 3. The molecule has 0 aliphatic carbocycles. The topological polar surface area (TPSA) is 74.6 Å². The molecule has 8 heterocycles. The normalized spacial score (nSPS) is 30.4. The quantitative estimate of drug-likeness (QED) is 0.238. The monoisotopic (exact) mass is 617 g/mol. The first-order valence-corrected chi connectivity index (χ1v) is 17.1. The molecule has 4 atom stereocenters. The van der Waals surface area contributed by atoms with Gasteiger partial charge in [0, 0.05) is 35.6 Å². The van der Waals surface area contributed by atoms with Crippen molar-refractivity contribution in [2.75, 3.05) is 37.7 Å². The molecule has 9 heteroatoms. The fourth-order valence-corrected chi connectivity index (χ4v) is 11.0. The molecule has 46 heavy (non-hydrogen) atoms. The summed E-state index contributed by atoms with van der Waals surface area (Å²) >= 11 is 0. The second kappa shape index (κ2) is 9.52. The Hall–Kier alpha value is -4.00. The molecule has 2 aromatic heterocycles. The minimum absolute atomic E-state index is 0.0197. The van der Waals surface area contributed by atoms with E-state index in [1.165, 1.54) is 49.1 Å².